The second-order valence-electron chi connectivity index (χ2n) is 4.31. The molecular formula is C10H14N5NaO4. The zero-order valence-electron chi connectivity index (χ0n) is 9.79. The molecule has 1 fully saturated rings. The van der Waals surface area contributed by atoms with Crippen LogP contribution in [0.25, 0.3) is 11.2 Å². The quantitative estimate of drug-likeness (QED) is 0.441. The third-order valence-electron chi connectivity index (χ3n) is 3.18. The van der Waals surface area contributed by atoms with Gasteiger partial charge in [0.1, 0.15) is 30.2 Å². The molecule has 0 aromatic carbocycles. The Morgan fingerprint density at radius 3 is 2.65 bits per heavy atom. The Morgan fingerprint density at radius 2 is 2.00 bits per heavy atom. The van der Waals surface area contributed by atoms with Gasteiger partial charge in [-0.3, -0.25) is 4.57 Å². The van der Waals surface area contributed by atoms with Crippen LogP contribution in [-0.2, 0) is 4.74 Å². The van der Waals surface area contributed by atoms with Crippen molar-refractivity contribution in [3.8, 4) is 0 Å². The number of fused-ring (bicyclic) bond motifs is 1. The number of anilines is 1. The van der Waals surface area contributed by atoms with Crippen LogP contribution in [0, 0.1) is 0 Å². The number of ether oxygens (including phenoxy) is 1. The van der Waals surface area contributed by atoms with E-state index in [0.717, 1.165) is 0 Å². The monoisotopic (exact) mass is 291 g/mol. The molecule has 0 aliphatic carbocycles. The van der Waals surface area contributed by atoms with Gasteiger partial charge in [-0.15, -0.1) is 0 Å². The van der Waals surface area contributed by atoms with Gasteiger partial charge in [0.2, 0.25) is 0 Å². The molecule has 2 aromatic heterocycles. The van der Waals surface area contributed by atoms with Crippen LogP contribution < -0.4 is 5.73 Å². The Bertz CT molecular complexity index is 608. The second-order valence-corrected chi connectivity index (χ2v) is 4.31. The third kappa shape index (κ3) is 2.31. The van der Waals surface area contributed by atoms with E-state index in [4.69, 9.17) is 15.6 Å². The first-order chi connectivity index (χ1) is 9.13. The molecule has 2 aromatic rings. The summed E-state index contributed by atoms with van der Waals surface area (Å²) in [6, 6.07) is 0. The van der Waals surface area contributed by atoms with Gasteiger partial charge in [0.15, 0.2) is 17.7 Å². The van der Waals surface area contributed by atoms with E-state index in [9.17, 15) is 10.2 Å². The van der Waals surface area contributed by atoms with Crippen molar-refractivity contribution < 1.29 is 20.1 Å². The summed E-state index contributed by atoms with van der Waals surface area (Å²) in [6.07, 6.45) is -1.42. The molecule has 10 heteroatoms. The molecule has 0 amide bonds. The molecule has 2 unspecified atom stereocenters. The first-order valence-corrected chi connectivity index (χ1v) is 5.69. The maximum atomic E-state index is 9.95. The van der Waals surface area contributed by atoms with Crippen LogP contribution in [0.5, 0.6) is 0 Å². The molecule has 1 aliphatic rings. The molecular weight excluding hydrogens is 277 g/mol. The van der Waals surface area contributed by atoms with Gasteiger partial charge in [-0.1, -0.05) is 0 Å². The average molecular weight is 291 g/mol. The Morgan fingerprint density at radius 1 is 1.25 bits per heavy atom. The first kappa shape index (κ1) is 15.6. The molecule has 9 nitrogen and oxygen atoms in total. The van der Waals surface area contributed by atoms with Crippen LogP contribution in [-0.4, -0.2) is 89.3 Å². The second kappa shape index (κ2) is 5.90. The molecule has 104 valence electrons. The average Bonchev–Trinajstić information content (AvgIpc) is 2.94. The predicted molar refractivity (Wildman–Crippen MR) is 69.9 cm³/mol. The minimum atomic E-state index is -1.19. The first-order valence-electron chi connectivity index (χ1n) is 5.69. The number of aliphatic hydroxyl groups excluding tert-OH is 3. The van der Waals surface area contributed by atoms with Gasteiger partial charge >= 0.3 is 29.6 Å². The van der Waals surface area contributed by atoms with Crippen LogP contribution in [0.2, 0.25) is 0 Å². The van der Waals surface area contributed by atoms with E-state index < -0.39 is 31.1 Å². The normalized spacial score (nSPS) is 29.6. The van der Waals surface area contributed by atoms with Crippen molar-refractivity contribution in [3.05, 3.63) is 12.7 Å². The molecule has 5 N–H and O–H groups in total. The number of hydrogen-bond donors (Lipinski definition) is 4. The Hall–Kier alpha value is -0.810. The topological polar surface area (TPSA) is 140 Å². The summed E-state index contributed by atoms with van der Waals surface area (Å²) < 4.78 is 6.85. The van der Waals surface area contributed by atoms with Gasteiger partial charge in [-0.05, 0) is 0 Å². The van der Waals surface area contributed by atoms with Gasteiger partial charge in [0.05, 0.1) is 12.9 Å². The van der Waals surface area contributed by atoms with Crippen molar-refractivity contribution in [2.45, 2.75) is 24.5 Å². The molecule has 1 aliphatic heterocycles. The summed E-state index contributed by atoms with van der Waals surface area (Å²) in [6.45, 7) is -0.390. The molecule has 0 bridgehead atoms. The van der Waals surface area contributed by atoms with Crippen molar-refractivity contribution in [1.29, 1.82) is 0 Å². The molecule has 0 spiro atoms. The van der Waals surface area contributed by atoms with Crippen molar-refractivity contribution in [2.75, 3.05) is 12.3 Å². The maximum absolute atomic E-state index is 9.95. The van der Waals surface area contributed by atoms with Gasteiger partial charge in [0.25, 0.3) is 0 Å². The fourth-order valence-electron chi connectivity index (χ4n) is 2.17. The van der Waals surface area contributed by atoms with E-state index in [-0.39, 0.29) is 35.4 Å². The predicted octanol–water partition coefficient (Wildman–Crippen LogP) is -2.63. The Labute approximate surface area is 135 Å². The zero-order valence-corrected chi connectivity index (χ0v) is 9.79. The molecule has 20 heavy (non-hydrogen) atoms. The third-order valence-corrected chi connectivity index (χ3v) is 3.18. The van der Waals surface area contributed by atoms with E-state index in [1.807, 2.05) is 0 Å². The molecule has 4 atom stereocenters. The van der Waals surface area contributed by atoms with Crippen molar-refractivity contribution in [2.24, 2.45) is 0 Å². The molecule has 3 rings (SSSR count). The number of nitrogen functional groups attached to an aromatic ring is 1. The number of aromatic nitrogens is 4. The summed E-state index contributed by atoms with van der Waals surface area (Å²) in [5.74, 6) is 0.218. The standard InChI is InChI=1S/C10H13N5O4.Na.H/c11-8-5-9(13-2-12-8)15(3-14-5)10-7(18)6(17)4(1-16)19-10;;/h2-4,6-7,10,16-18H,1H2,(H2,11,12,13);;/t4-,6?,7?,10-;;/m1../s1. The number of nitrogens with two attached hydrogens (primary N) is 1. The minimum absolute atomic E-state index is 0. The van der Waals surface area contributed by atoms with Crippen molar-refractivity contribution >= 4 is 46.5 Å². The molecule has 0 radical (unpaired) electrons. The SMILES string of the molecule is Nc1ncnc2c1ncn2[C@@H]1O[C@H](CO)C(O)C1O.[NaH]. The Balaban J connectivity index is 0.00000147. The summed E-state index contributed by atoms with van der Waals surface area (Å²) in [5, 5.41) is 28.7. The number of hydrogen-bond acceptors (Lipinski definition) is 8. The summed E-state index contributed by atoms with van der Waals surface area (Å²) in [7, 11) is 0. The zero-order chi connectivity index (χ0) is 13.6. The van der Waals surface area contributed by atoms with Crippen LogP contribution in [0.4, 0.5) is 5.82 Å². The van der Waals surface area contributed by atoms with Gasteiger partial charge in [-0.2, -0.15) is 0 Å². The van der Waals surface area contributed by atoms with Crippen molar-refractivity contribution in [1.82, 2.24) is 19.5 Å². The summed E-state index contributed by atoms with van der Waals surface area (Å²) in [4.78, 5) is 11.9. The van der Waals surface area contributed by atoms with E-state index in [2.05, 4.69) is 15.0 Å². The summed E-state index contributed by atoms with van der Waals surface area (Å²) in [5.41, 5.74) is 6.44. The number of aliphatic hydroxyl groups is 3. The van der Waals surface area contributed by atoms with Crippen LogP contribution >= 0.6 is 0 Å². The molecule has 1 saturated heterocycles. The molecule has 0 saturated carbocycles. The van der Waals surface area contributed by atoms with E-state index >= 15 is 0 Å². The van der Waals surface area contributed by atoms with Crippen LogP contribution in [0.1, 0.15) is 6.23 Å². The number of nitrogens with zero attached hydrogens (tertiary/aromatic N) is 4. The summed E-state index contributed by atoms with van der Waals surface area (Å²) >= 11 is 0. The van der Waals surface area contributed by atoms with E-state index in [1.54, 1.807) is 0 Å². The van der Waals surface area contributed by atoms with Gasteiger partial charge in [-0.25, -0.2) is 15.0 Å². The van der Waals surface area contributed by atoms with E-state index in [1.165, 1.54) is 17.2 Å². The van der Waals surface area contributed by atoms with Crippen molar-refractivity contribution in [3.63, 3.8) is 0 Å². The van der Waals surface area contributed by atoms with Crippen LogP contribution in [0.3, 0.4) is 0 Å². The van der Waals surface area contributed by atoms with Crippen LogP contribution in [0.15, 0.2) is 12.7 Å². The van der Waals surface area contributed by atoms with Gasteiger partial charge < -0.3 is 25.8 Å². The van der Waals surface area contributed by atoms with Gasteiger partial charge in [0, 0.05) is 0 Å². The Kier molecular flexibility index (Phi) is 4.59. The molecule has 3 heterocycles. The number of imidazole rings is 1. The fraction of sp³-hybridized carbons (Fsp3) is 0.500. The van der Waals surface area contributed by atoms with E-state index in [0.29, 0.717) is 11.2 Å². The number of rotatable bonds is 2. The fourth-order valence-corrected chi connectivity index (χ4v) is 2.17.